The minimum atomic E-state index is -0.515. The number of carbonyl (C=O) groups excluding carboxylic acids is 1. The molecule has 3 rings (SSSR count). The maximum absolute atomic E-state index is 12.7. The zero-order valence-corrected chi connectivity index (χ0v) is 13.5. The first-order valence-electron chi connectivity index (χ1n) is 7.93. The van der Waals surface area contributed by atoms with Crippen LogP contribution in [0.4, 0.5) is 0 Å². The van der Waals surface area contributed by atoms with Gasteiger partial charge in [-0.25, -0.2) is 0 Å². The number of nitrogens with zero attached hydrogens (tertiary/aromatic N) is 1. The average molecular weight is 314 g/mol. The van der Waals surface area contributed by atoms with Crippen LogP contribution >= 0.6 is 0 Å². The van der Waals surface area contributed by atoms with Gasteiger partial charge in [0.25, 0.3) is 5.91 Å². The van der Waals surface area contributed by atoms with Crippen LogP contribution in [0.5, 0.6) is 11.5 Å². The highest BCUT2D eigenvalue weighted by atomic mass is 16.5. The lowest BCUT2D eigenvalue weighted by molar-refractivity contribution is -0.139. The summed E-state index contributed by atoms with van der Waals surface area (Å²) in [6, 6.07) is 11.4. The maximum Gasteiger partial charge on any atom is 0.263 e. The average Bonchev–Trinajstić information content (AvgIpc) is 3.25. The summed E-state index contributed by atoms with van der Waals surface area (Å²) in [5.74, 6) is 1.46. The SMILES string of the molecule is COc1ccc(O[C@@H](C)C(=O)N2CCC[C@H]2c2ccc[nH]2)cc1. The largest absolute Gasteiger partial charge is 0.497 e. The van der Waals surface area contributed by atoms with Crippen molar-refractivity contribution in [2.75, 3.05) is 13.7 Å². The number of H-pyrrole nitrogens is 1. The lowest BCUT2D eigenvalue weighted by Crippen LogP contribution is -2.40. The van der Waals surface area contributed by atoms with E-state index < -0.39 is 6.10 Å². The molecule has 1 amide bonds. The van der Waals surface area contributed by atoms with E-state index in [0.29, 0.717) is 5.75 Å². The highest BCUT2D eigenvalue weighted by Gasteiger charge is 2.33. The van der Waals surface area contributed by atoms with Gasteiger partial charge in [-0.3, -0.25) is 4.79 Å². The molecule has 122 valence electrons. The summed E-state index contributed by atoms with van der Waals surface area (Å²) in [5.41, 5.74) is 1.09. The maximum atomic E-state index is 12.7. The van der Waals surface area contributed by atoms with E-state index in [1.165, 1.54) is 0 Å². The van der Waals surface area contributed by atoms with E-state index in [1.807, 2.05) is 47.5 Å². The summed E-state index contributed by atoms with van der Waals surface area (Å²) in [6.45, 7) is 2.58. The second-order valence-electron chi connectivity index (χ2n) is 5.75. The van der Waals surface area contributed by atoms with Crippen molar-refractivity contribution < 1.29 is 14.3 Å². The zero-order chi connectivity index (χ0) is 16.2. The molecule has 1 aromatic carbocycles. The van der Waals surface area contributed by atoms with Gasteiger partial charge in [-0.2, -0.15) is 0 Å². The van der Waals surface area contributed by atoms with Crippen molar-refractivity contribution in [1.29, 1.82) is 0 Å². The second-order valence-corrected chi connectivity index (χ2v) is 5.75. The van der Waals surface area contributed by atoms with Gasteiger partial charge in [0.15, 0.2) is 6.10 Å². The van der Waals surface area contributed by atoms with Gasteiger partial charge in [-0.15, -0.1) is 0 Å². The fourth-order valence-corrected chi connectivity index (χ4v) is 3.05. The Morgan fingerprint density at radius 3 is 2.65 bits per heavy atom. The van der Waals surface area contributed by atoms with Gasteiger partial charge < -0.3 is 19.4 Å². The Morgan fingerprint density at radius 2 is 2.00 bits per heavy atom. The van der Waals surface area contributed by atoms with Crippen LogP contribution in [-0.2, 0) is 4.79 Å². The topological polar surface area (TPSA) is 54.6 Å². The molecule has 2 heterocycles. The number of hydrogen-bond donors (Lipinski definition) is 1. The molecule has 1 aliphatic rings. The van der Waals surface area contributed by atoms with Crippen LogP contribution in [0.3, 0.4) is 0 Å². The normalized spacial score (nSPS) is 18.7. The number of nitrogens with one attached hydrogen (secondary N) is 1. The molecule has 0 radical (unpaired) electrons. The molecular weight excluding hydrogens is 292 g/mol. The summed E-state index contributed by atoms with van der Waals surface area (Å²) in [5, 5.41) is 0. The molecule has 2 atom stereocenters. The van der Waals surface area contributed by atoms with Crippen molar-refractivity contribution in [2.45, 2.75) is 31.9 Å². The number of carbonyl (C=O) groups is 1. The van der Waals surface area contributed by atoms with E-state index in [0.717, 1.165) is 30.8 Å². The molecule has 0 bridgehead atoms. The number of ether oxygens (including phenoxy) is 2. The fraction of sp³-hybridized carbons (Fsp3) is 0.389. The molecule has 1 aliphatic heterocycles. The zero-order valence-electron chi connectivity index (χ0n) is 13.5. The Morgan fingerprint density at radius 1 is 1.26 bits per heavy atom. The molecule has 0 aliphatic carbocycles. The summed E-state index contributed by atoms with van der Waals surface area (Å²) >= 11 is 0. The van der Waals surface area contributed by atoms with Crippen LogP contribution in [0.1, 0.15) is 31.5 Å². The van der Waals surface area contributed by atoms with Crippen molar-refractivity contribution in [2.24, 2.45) is 0 Å². The second kappa shape index (κ2) is 6.77. The Kier molecular flexibility index (Phi) is 4.55. The first-order chi connectivity index (χ1) is 11.2. The van der Waals surface area contributed by atoms with E-state index in [1.54, 1.807) is 14.0 Å². The first-order valence-corrected chi connectivity index (χ1v) is 7.93. The smallest absolute Gasteiger partial charge is 0.263 e. The number of likely N-dealkylation sites (tertiary alicyclic amines) is 1. The number of hydrogen-bond acceptors (Lipinski definition) is 3. The highest BCUT2D eigenvalue weighted by Crippen LogP contribution is 2.31. The third-order valence-corrected chi connectivity index (χ3v) is 4.24. The number of amides is 1. The Hall–Kier alpha value is -2.43. The number of aromatic amines is 1. The molecule has 1 saturated heterocycles. The standard InChI is InChI=1S/C18H22N2O3/c1-13(23-15-9-7-14(22-2)8-10-15)18(21)20-12-4-6-17(20)16-5-3-11-19-16/h3,5,7-11,13,17,19H,4,6,12H2,1-2H3/t13-,17-/m0/s1. The van der Waals surface area contributed by atoms with Crippen molar-refractivity contribution in [3.63, 3.8) is 0 Å². The molecule has 5 heteroatoms. The van der Waals surface area contributed by atoms with E-state index in [-0.39, 0.29) is 11.9 Å². The number of aromatic nitrogens is 1. The van der Waals surface area contributed by atoms with Crippen LogP contribution in [0, 0.1) is 0 Å². The Bertz CT molecular complexity index is 637. The molecule has 1 fully saturated rings. The summed E-state index contributed by atoms with van der Waals surface area (Å²) in [4.78, 5) is 17.9. The van der Waals surface area contributed by atoms with Crippen LogP contribution < -0.4 is 9.47 Å². The van der Waals surface area contributed by atoms with E-state index in [4.69, 9.17) is 9.47 Å². The van der Waals surface area contributed by atoms with E-state index in [9.17, 15) is 4.79 Å². The number of benzene rings is 1. The number of rotatable bonds is 5. The van der Waals surface area contributed by atoms with Gasteiger partial charge in [-0.1, -0.05) is 0 Å². The van der Waals surface area contributed by atoms with Crippen LogP contribution in [0.2, 0.25) is 0 Å². The van der Waals surface area contributed by atoms with Crippen molar-refractivity contribution in [3.05, 3.63) is 48.3 Å². The molecule has 0 spiro atoms. The van der Waals surface area contributed by atoms with Gasteiger partial charge in [0.1, 0.15) is 11.5 Å². The summed E-state index contributed by atoms with van der Waals surface area (Å²) in [6.07, 6.45) is 3.39. The lowest BCUT2D eigenvalue weighted by atomic mass is 10.1. The predicted molar refractivity (Wildman–Crippen MR) is 87.6 cm³/mol. The molecule has 1 aromatic heterocycles. The van der Waals surface area contributed by atoms with Crippen LogP contribution in [0.25, 0.3) is 0 Å². The van der Waals surface area contributed by atoms with E-state index in [2.05, 4.69) is 4.98 Å². The Labute approximate surface area is 136 Å². The molecule has 23 heavy (non-hydrogen) atoms. The first kappa shape index (κ1) is 15.5. The molecule has 0 saturated carbocycles. The monoisotopic (exact) mass is 314 g/mol. The fourth-order valence-electron chi connectivity index (χ4n) is 3.05. The highest BCUT2D eigenvalue weighted by molar-refractivity contribution is 5.81. The van der Waals surface area contributed by atoms with Gasteiger partial charge in [0.05, 0.1) is 13.2 Å². The third-order valence-electron chi connectivity index (χ3n) is 4.24. The predicted octanol–water partition coefficient (Wildman–Crippen LogP) is 3.15. The summed E-state index contributed by atoms with van der Waals surface area (Å²) in [7, 11) is 1.62. The molecule has 5 nitrogen and oxygen atoms in total. The molecule has 0 unspecified atom stereocenters. The van der Waals surface area contributed by atoms with Gasteiger partial charge in [0.2, 0.25) is 0 Å². The van der Waals surface area contributed by atoms with Gasteiger partial charge in [0, 0.05) is 18.4 Å². The minimum Gasteiger partial charge on any atom is -0.497 e. The van der Waals surface area contributed by atoms with Crippen molar-refractivity contribution >= 4 is 5.91 Å². The minimum absolute atomic E-state index is 0.0259. The Balaban J connectivity index is 1.66. The molecular formula is C18H22N2O3. The van der Waals surface area contributed by atoms with Crippen LogP contribution in [-0.4, -0.2) is 35.5 Å². The van der Waals surface area contributed by atoms with Crippen molar-refractivity contribution in [1.82, 2.24) is 9.88 Å². The molecule has 1 N–H and O–H groups in total. The third kappa shape index (κ3) is 3.33. The lowest BCUT2D eigenvalue weighted by Gasteiger charge is -2.27. The quantitative estimate of drug-likeness (QED) is 0.922. The van der Waals surface area contributed by atoms with Crippen molar-refractivity contribution in [3.8, 4) is 11.5 Å². The van der Waals surface area contributed by atoms with Gasteiger partial charge >= 0.3 is 0 Å². The summed E-state index contributed by atoms with van der Waals surface area (Å²) < 4.78 is 10.9. The molecule has 2 aromatic rings. The number of methoxy groups -OCH3 is 1. The van der Waals surface area contributed by atoms with E-state index >= 15 is 0 Å². The van der Waals surface area contributed by atoms with Gasteiger partial charge in [-0.05, 0) is 56.2 Å². The van der Waals surface area contributed by atoms with Crippen LogP contribution in [0.15, 0.2) is 42.6 Å².